The highest BCUT2D eigenvalue weighted by molar-refractivity contribution is 8.00. The van der Waals surface area contributed by atoms with Crippen LogP contribution >= 0.6 is 34.9 Å². The fraction of sp³-hybridized carbons (Fsp3) is 0.471. The third-order valence-electron chi connectivity index (χ3n) is 3.51. The van der Waals surface area contributed by atoms with Crippen LogP contribution in [0, 0.1) is 5.82 Å². The molecular weight excluding hydrogens is 393 g/mol. The van der Waals surface area contributed by atoms with Crippen LogP contribution in [0.25, 0.3) is 0 Å². The van der Waals surface area contributed by atoms with Crippen LogP contribution in [0.15, 0.2) is 28.6 Å². The van der Waals surface area contributed by atoms with E-state index >= 15 is 0 Å². The first-order valence-corrected chi connectivity index (χ1v) is 10.6. The van der Waals surface area contributed by atoms with Gasteiger partial charge in [-0.15, -0.1) is 11.3 Å². The second-order valence-electron chi connectivity index (χ2n) is 5.97. The molecule has 1 heterocycles. The van der Waals surface area contributed by atoms with E-state index < -0.39 is 0 Å². The van der Waals surface area contributed by atoms with Gasteiger partial charge in [0.1, 0.15) is 5.82 Å². The van der Waals surface area contributed by atoms with E-state index in [-0.39, 0.29) is 11.9 Å². The van der Waals surface area contributed by atoms with Crippen LogP contribution in [-0.2, 0) is 0 Å². The summed E-state index contributed by atoms with van der Waals surface area (Å²) in [6.07, 6.45) is 4.87. The minimum Gasteiger partial charge on any atom is -0.384 e. The molecule has 5 N–H and O–H groups in total. The maximum Gasteiger partial charge on any atom is 0.192 e. The normalized spacial score (nSPS) is 12.2. The molecule has 1 aromatic carbocycles. The molecule has 0 radical (unpaired) electrons. The standard InChI is InChI=1S/C17H25ClFN5S2/c1-12(20)11-21-5-3-2-4-6-22-15-10-14(19)16(9-13(15)18)26-24-17-23-7-8-25-17/h7-10,12,21-22H,2-6,11,20H2,1H3,(H,23,24)/t12-/m1/s1. The average Bonchev–Trinajstić information content (AvgIpc) is 3.11. The molecule has 0 saturated carbocycles. The van der Waals surface area contributed by atoms with Gasteiger partial charge in [0.15, 0.2) is 5.13 Å². The molecule has 5 nitrogen and oxygen atoms in total. The van der Waals surface area contributed by atoms with E-state index in [1.165, 1.54) is 17.4 Å². The van der Waals surface area contributed by atoms with E-state index in [4.69, 9.17) is 17.3 Å². The lowest BCUT2D eigenvalue weighted by atomic mass is 10.2. The minimum atomic E-state index is -0.314. The van der Waals surface area contributed by atoms with Crippen LogP contribution in [0.2, 0.25) is 5.02 Å². The Hall–Kier alpha value is -1.06. The van der Waals surface area contributed by atoms with Crippen LogP contribution in [-0.4, -0.2) is 30.7 Å². The van der Waals surface area contributed by atoms with Crippen molar-refractivity contribution in [1.82, 2.24) is 10.3 Å². The number of benzene rings is 1. The third-order valence-corrected chi connectivity index (χ3v) is 5.47. The molecule has 0 aliphatic rings. The van der Waals surface area contributed by atoms with Crippen molar-refractivity contribution in [3.05, 3.63) is 34.5 Å². The van der Waals surface area contributed by atoms with E-state index in [0.29, 0.717) is 15.6 Å². The van der Waals surface area contributed by atoms with E-state index in [2.05, 4.69) is 20.3 Å². The Bertz CT molecular complexity index is 655. The monoisotopic (exact) mass is 417 g/mol. The van der Waals surface area contributed by atoms with E-state index in [1.807, 2.05) is 12.3 Å². The molecule has 0 fully saturated rings. The maximum atomic E-state index is 14.2. The summed E-state index contributed by atoms with van der Waals surface area (Å²) in [5.41, 5.74) is 6.30. The maximum absolute atomic E-state index is 14.2. The zero-order valence-electron chi connectivity index (χ0n) is 14.7. The third kappa shape index (κ3) is 7.67. The Balaban J connectivity index is 1.70. The predicted octanol–water partition coefficient (Wildman–Crippen LogP) is 4.57. The minimum absolute atomic E-state index is 0.187. The predicted molar refractivity (Wildman–Crippen MR) is 112 cm³/mol. The lowest BCUT2D eigenvalue weighted by Gasteiger charge is -2.11. The van der Waals surface area contributed by atoms with Crippen LogP contribution in [0.1, 0.15) is 26.2 Å². The number of nitrogens with two attached hydrogens (primary N) is 1. The van der Waals surface area contributed by atoms with Crippen LogP contribution < -0.4 is 21.1 Å². The molecule has 0 aliphatic heterocycles. The number of anilines is 2. The lowest BCUT2D eigenvalue weighted by Crippen LogP contribution is -2.31. The summed E-state index contributed by atoms with van der Waals surface area (Å²) in [5.74, 6) is -0.314. The molecule has 0 amide bonds. The fourth-order valence-corrected chi connectivity index (χ4v) is 3.79. The molecule has 2 rings (SSSR count). The van der Waals surface area contributed by atoms with Gasteiger partial charge in [0, 0.05) is 30.7 Å². The van der Waals surface area contributed by atoms with Crippen LogP contribution in [0.5, 0.6) is 0 Å². The van der Waals surface area contributed by atoms with Crippen LogP contribution in [0.3, 0.4) is 0 Å². The number of aromatic nitrogens is 1. The molecule has 26 heavy (non-hydrogen) atoms. The second kappa shape index (κ2) is 11.6. The van der Waals surface area contributed by atoms with Gasteiger partial charge in [-0.05, 0) is 50.4 Å². The first kappa shape index (κ1) is 21.2. The van der Waals surface area contributed by atoms with E-state index in [0.717, 1.165) is 56.0 Å². The number of nitrogens with one attached hydrogen (secondary N) is 3. The van der Waals surface area contributed by atoms with Crippen molar-refractivity contribution in [3.63, 3.8) is 0 Å². The number of rotatable bonds is 12. The number of hydrogen-bond acceptors (Lipinski definition) is 7. The SMILES string of the molecule is C[C@@H](N)CNCCCCCNc1cc(F)c(SNc2nccs2)cc1Cl. The zero-order chi connectivity index (χ0) is 18.8. The number of nitrogens with zero attached hydrogens (tertiary/aromatic N) is 1. The Labute approximate surface area is 167 Å². The summed E-state index contributed by atoms with van der Waals surface area (Å²) >= 11 is 8.89. The molecule has 0 aliphatic carbocycles. The summed E-state index contributed by atoms with van der Waals surface area (Å²) in [6.45, 7) is 4.55. The fourth-order valence-electron chi connectivity index (χ4n) is 2.22. The topological polar surface area (TPSA) is 75.0 Å². The van der Waals surface area contributed by atoms with Gasteiger partial charge >= 0.3 is 0 Å². The second-order valence-corrected chi connectivity index (χ2v) is 8.12. The Kier molecular flexibility index (Phi) is 9.49. The highest BCUT2D eigenvalue weighted by Crippen LogP contribution is 2.32. The van der Waals surface area contributed by atoms with Crippen molar-refractivity contribution < 1.29 is 4.39 Å². The quantitative estimate of drug-likeness (QED) is 0.299. The number of halogens is 2. The summed E-state index contributed by atoms with van der Waals surface area (Å²) in [4.78, 5) is 4.53. The van der Waals surface area contributed by atoms with E-state index in [1.54, 1.807) is 12.3 Å². The molecule has 2 aromatic rings. The summed E-state index contributed by atoms with van der Waals surface area (Å²) in [7, 11) is 0. The van der Waals surface area contributed by atoms with Gasteiger partial charge in [0.05, 0.1) is 15.6 Å². The van der Waals surface area contributed by atoms with Crippen molar-refractivity contribution in [2.75, 3.05) is 29.7 Å². The molecule has 1 atom stereocenters. The van der Waals surface area contributed by atoms with Gasteiger partial charge in [-0.25, -0.2) is 9.37 Å². The molecule has 1 aromatic heterocycles. The van der Waals surface area contributed by atoms with Gasteiger partial charge in [0.25, 0.3) is 0 Å². The first-order valence-electron chi connectivity index (χ1n) is 8.58. The molecule has 0 saturated heterocycles. The van der Waals surface area contributed by atoms with Crippen LogP contribution in [0.4, 0.5) is 15.2 Å². The smallest absolute Gasteiger partial charge is 0.192 e. The van der Waals surface area contributed by atoms with Crippen molar-refractivity contribution in [2.45, 2.75) is 37.1 Å². The van der Waals surface area contributed by atoms with Gasteiger partial charge < -0.3 is 21.1 Å². The average molecular weight is 418 g/mol. The highest BCUT2D eigenvalue weighted by Gasteiger charge is 2.10. The van der Waals surface area contributed by atoms with Crippen molar-refractivity contribution in [2.24, 2.45) is 5.73 Å². The molecular formula is C17H25ClFN5S2. The highest BCUT2D eigenvalue weighted by atomic mass is 35.5. The summed E-state index contributed by atoms with van der Waals surface area (Å²) in [6, 6.07) is 3.26. The Morgan fingerprint density at radius 2 is 2.12 bits per heavy atom. The summed E-state index contributed by atoms with van der Waals surface area (Å²) < 4.78 is 17.2. The van der Waals surface area contributed by atoms with Gasteiger partial charge in [0.2, 0.25) is 0 Å². The van der Waals surface area contributed by atoms with Gasteiger partial charge in [-0.2, -0.15) is 0 Å². The number of unbranched alkanes of at least 4 members (excludes halogenated alkanes) is 2. The molecule has 9 heteroatoms. The molecule has 0 spiro atoms. The largest absolute Gasteiger partial charge is 0.384 e. The van der Waals surface area contributed by atoms with Crippen molar-refractivity contribution >= 4 is 45.7 Å². The lowest BCUT2D eigenvalue weighted by molar-refractivity contribution is 0.572. The summed E-state index contributed by atoms with van der Waals surface area (Å²) in [5, 5.41) is 9.61. The molecule has 0 unspecified atom stereocenters. The molecule has 0 bridgehead atoms. The van der Waals surface area contributed by atoms with Gasteiger partial charge in [-0.3, -0.25) is 0 Å². The first-order chi connectivity index (χ1) is 12.6. The van der Waals surface area contributed by atoms with Gasteiger partial charge in [-0.1, -0.05) is 18.0 Å². The Morgan fingerprint density at radius 1 is 1.31 bits per heavy atom. The van der Waals surface area contributed by atoms with E-state index in [9.17, 15) is 4.39 Å². The zero-order valence-corrected chi connectivity index (χ0v) is 17.1. The number of hydrogen-bond donors (Lipinski definition) is 4. The van der Waals surface area contributed by atoms with Crippen molar-refractivity contribution in [3.8, 4) is 0 Å². The molecule has 144 valence electrons. The van der Waals surface area contributed by atoms with Crippen molar-refractivity contribution in [1.29, 1.82) is 0 Å². The number of thiazole rings is 1. The Morgan fingerprint density at radius 3 is 2.85 bits per heavy atom.